The zero-order chi connectivity index (χ0) is 20.1. The number of sulfonamides is 1. The summed E-state index contributed by atoms with van der Waals surface area (Å²) in [5.74, 6) is 0.895. The van der Waals surface area contributed by atoms with Crippen molar-refractivity contribution in [3.05, 3.63) is 53.6 Å². The maximum atomic E-state index is 13.0. The van der Waals surface area contributed by atoms with Gasteiger partial charge in [0.15, 0.2) is 11.5 Å². The zero-order valence-electron chi connectivity index (χ0n) is 16.0. The topological polar surface area (TPSA) is 84.1 Å². The Morgan fingerprint density at radius 2 is 1.68 bits per heavy atom. The molecule has 1 fully saturated rings. The molecular formula is C20H24N3O4S+. The number of rotatable bonds is 6. The summed E-state index contributed by atoms with van der Waals surface area (Å²) in [4.78, 5) is 1.53. The minimum Gasteiger partial charge on any atom is -0.493 e. The molecule has 1 heterocycles. The number of hydrogen-bond acceptors (Lipinski definition) is 5. The monoisotopic (exact) mass is 402 g/mol. The molecule has 0 aliphatic carbocycles. The SMILES string of the molecule is COc1ccc(S(=O)(=O)N2CC[NH+](Cc3ccc(C#N)cc3)CC2)cc1OC. The molecule has 1 N–H and O–H groups in total. The van der Waals surface area contributed by atoms with Crippen LogP contribution in [0.1, 0.15) is 11.1 Å². The molecule has 0 radical (unpaired) electrons. The van der Waals surface area contributed by atoms with Crippen molar-refractivity contribution in [2.45, 2.75) is 11.4 Å². The molecule has 28 heavy (non-hydrogen) atoms. The first-order valence-electron chi connectivity index (χ1n) is 9.02. The van der Waals surface area contributed by atoms with Gasteiger partial charge in [0, 0.05) is 11.6 Å². The van der Waals surface area contributed by atoms with Crippen LogP contribution in [0.4, 0.5) is 0 Å². The Kier molecular flexibility index (Phi) is 6.19. The molecule has 0 amide bonds. The lowest BCUT2D eigenvalue weighted by Gasteiger charge is -2.31. The lowest BCUT2D eigenvalue weighted by atomic mass is 10.1. The van der Waals surface area contributed by atoms with Crippen molar-refractivity contribution in [3.63, 3.8) is 0 Å². The van der Waals surface area contributed by atoms with Crippen LogP contribution in [0.5, 0.6) is 11.5 Å². The molecule has 0 spiro atoms. The summed E-state index contributed by atoms with van der Waals surface area (Å²) in [6, 6.07) is 14.3. The van der Waals surface area contributed by atoms with E-state index in [0.29, 0.717) is 30.2 Å². The first kappa shape index (κ1) is 20.1. The Morgan fingerprint density at radius 1 is 1.04 bits per heavy atom. The molecule has 7 nitrogen and oxygen atoms in total. The lowest BCUT2D eigenvalue weighted by molar-refractivity contribution is -0.917. The van der Waals surface area contributed by atoms with E-state index in [0.717, 1.165) is 25.2 Å². The Hall–Kier alpha value is -2.60. The van der Waals surface area contributed by atoms with Gasteiger partial charge in [-0.05, 0) is 24.3 Å². The highest BCUT2D eigenvalue weighted by Gasteiger charge is 2.31. The standard InChI is InChI=1S/C20H23N3O4S/c1-26-19-8-7-18(13-20(19)27-2)28(24,25)23-11-9-22(10-12-23)15-17-5-3-16(14-21)4-6-17/h3-8,13H,9-12,15H2,1-2H3/p+1. The highest BCUT2D eigenvalue weighted by Crippen LogP contribution is 2.30. The molecule has 0 aromatic heterocycles. The smallest absolute Gasteiger partial charge is 0.243 e. The van der Waals surface area contributed by atoms with E-state index in [1.165, 1.54) is 29.5 Å². The van der Waals surface area contributed by atoms with Crippen molar-refractivity contribution in [1.29, 1.82) is 5.26 Å². The molecule has 3 rings (SSSR count). The Balaban J connectivity index is 1.65. The minimum atomic E-state index is -3.58. The Labute approximate surface area is 165 Å². The third kappa shape index (κ3) is 4.28. The van der Waals surface area contributed by atoms with E-state index in [1.54, 1.807) is 12.1 Å². The third-order valence-electron chi connectivity index (χ3n) is 4.96. The molecular weight excluding hydrogens is 378 g/mol. The molecule has 148 valence electrons. The van der Waals surface area contributed by atoms with Crippen LogP contribution in [0.25, 0.3) is 0 Å². The molecule has 1 aliphatic heterocycles. The predicted octanol–water partition coefficient (Wildman–Crippen LogP) is 0.665. The molecule has 2 aromatic carbocycles. The second-order valence-electron chi connectivity index (χ2n) is 6.66. The maximum absolute atomic E-state index is 13.0. The number of nitrogens with zero attached hydrogens (tertiary/aromatic N) is 2. The van der Waals surface area contributed by atoms with Crippen LogP contribution in [0.3, 0.4) is 0 Å². The van der Waals surface area contributed by atoms with Crippen molar-refractivity contribution in [2.75, 3.05) is 40.4 Å². The van der Waals surface area contributed by atoms with E-state index in [4.69, 9.17) is 14.7 Å². The second-order valence-corrected chi connectivity index (χ2v) is 8.59. The summed E-state index contributed by atoms with van der Waals surface area (Å²) in [5.41, 5.74) is 1.79. The van der Waals surface area contributed by atoms with Crippen LogP contribution in [0.15, 0.2) is 47.4 Å². The van der Waals surface area contributed by atoms with E-state index in [2.05, 4.69) is 6.07 Å². The summed E-state index contributed by atoms with van der Waals surface area (Å²) in [6.45, 7) is 3.19. The summed E-state index contributed by atoms with van der Waals surface area (Å²) in [5, 5.41) is 8.88. The van der Waals surface area contributed by atoms with Crippen molar-refractivity contribution in [1.82, 2.24) is 4.31 Å². The van der Waals surface area contributed by atoms with E-state index < -0.39 is 10.0 Å². The second kappa shape index (κ2) is 8.61. The van der Waals surface area contributed by atoms with Crippen molar-refractivity contribution < 1.29 is 22.8 Å². The van der Waals surface area contributed by atoms with Crippen LogP contribution in [0.2, 0.25) is 0 Å². The molecule has 0 unspecified atom stereocenters. The van der Waals surface area contributed by atoms with Gasteiger partial charge < -0.3 is 14.4 Å². The van der Waals surface area contributed by atoms with Gasteiger partial charge in [-0.3, -0.25) is 0 Å². The minimum absolute atomic E-state index is 0.209. The van der Waals surface area contributed by atoms with Gasteiger partial charge >= 0.3 is 0 Å². The quantitative estimate of drug-likeness (QED) is 0.768. The number of nitriles is 1. The molecule has 0 saturated carbocycles. The highest BCUT2D eigenvalue weighted by atomic mass is 32.2. The fourth-order valence-electron chi connectivity index (χ4n) is 3.33. The van der Waals surface area contributed by atoms with Crippen molar-refractivity contribution in [2.24, 2.45) is 0 Å². The Bertz CT molecular complexity index is 960. The number of benzene rings is 2. The Morgan fingerprint density at radius 3 is 2.25 bits per heavy atom. The third-order valence-corrected chi connectivity index (χ3v) is 6.85. The summed E-state index contributed by atoms with van der Waals surface area (Å²) in [7, 11) is -0.575. The molecule has 1 aliphatic rings. The van der Waals surface area contributed by atoms with Gasteiger partial charge in [-0.15, -0.1) is 0 Å². The summed E-state index contributed by atoms with van der Waals surface area (Å²) in [6.07, 6.45) is 0. The fraction of sp³-hybridized carbons (Fsp3) is 0.350. The van der Waals surface area contributed by atoms with Gasteiger partial charge in [0.05, 0.1) is 56.9 Å². The maximum Gasteiger partial charge on any atom is 0.243 e. The van der Waals surface area contributed by atoms with E-state index in [1.807, 2.05) is 24.3 Å². The van der Waals surface area contributed by atoms with E-state index in [-0.39, 0.29) is 4.90 Å². The number of hydrogen-bond donors (Lipinski definition) is 1. The van der Waals surface area contributed by atoms with E-state index in [9.17, 15) is 8.42 Å². The van der Waals surface area contributed by atoms with Crippen LogP contribution in [0, 0.1) is 11.3 Å². The predicted molar refractivity (Wildman–Crippen MR) is 104 cm³/mol. The first-order chi connectivity index (χ1) is 13.5. The summed E-state index contributed by atoms with van der Waals surface area (Å²) < 4.78 is 37.9. The van der Waals surface area contributed by atoms with Crippen molar-refractivity contribution >= 4 is 10.0 Å². The number of methoxy groups -OCH3 is 2. The average Bonchev–Trinajstić information content (AvgIpc) is 2.74. The number of piperazine rings is 1. The van der Waals surface area contributed by atoms with Crippen LogP contribution in [-0.2, 0) is 16.6 Å². The van der Waals surface area contributed by atoms with Crippen LogP contribution in [-0.4, -0.2) is 53.1 Å². The molecule has 0 atom stereocenters. The van der Waals surface area contributed by atoms with Crippen LogP contribution < -0.4 is 14.4 Å². The highest BCUT2D eigenvalue weighted by molar-refractivity contribution is 7.89. The first-order valence-corrected chi connectivity index (χ1v) is 10.5. The van der Waals surface area contributed by atoms with Crippen LogP contribution >= 0.6 is 0 Å². The number of quaternary nitrogens is 1. The van der Waals surface area contributed by atoms with Gasteiger partial charge in [-0.25, -0.2) is 8.42 Å². The van der Waals surface area contributed by atoms with Gasteiger partial charge in [0.2, 0.25) is 10.0 Å². The number of ether oxygens (including phenoxy) is 2. The molecule has 8 heteroatoms. The average molecular weight is 402 g/mol. The van der Waals surface area contributed by atoms with Gasteiger partial charge in [-0.1, -0.05) is 12.1 Å². The summed E-state index contributed by atoms with van der Waals surface area (Å²) >= 11 is 0. The van der Waals surface area contributed by atoms with Gasteiger partial charge in [0.25, 0.3) is 0 Å². The van der Waals surface area contributed by atoms with Gasteiger partial charge in [-0.2, -0.15) is 9.57 Å². The molecule has 2 aromatic rings. The van der Waals surface area contributed by atoms with E-state index >= 15 is 0 Å². The largest absolute Gasteiger partial charge is 0.493 e. The van der Waals surface area contributed by atoms with Crippen molar-refractivity contribution in [3.8, 4) is 17.6 Å². The number of nitrogens with one attached hydrogen (secondary N) is 1. The molecule has 0 bridgehead atoms. The van der Waals surface area contributed by atoms with Gasteiger partial charge in [0.1, 0.15) is 6.54 Å². The zero-order valence-corrected chi connectivity index (χ0v) is 16.8. The molecule has 1 saturated heterocycles. The lowest BCUT2D eigenvalue weighted by Crippen LogP contribution is -3.13. The fourth-order valence-corrected chi connectivity index (χ4v) is 4.79. The normalized spacial score (nSPS) is 15.8.